The van der Waals surface area contributed by atoms with Crippen molar-refractivity contribution in [3.05, 3.63) is 97.2 Å². The minimum atomic E-state index is -4.77. The predicted molar refractivity (Wildman–Crippen MR) is 334 cm³/mol. The average Bonchev–Trinajstić information content (AvgIpc) is 3.45. The number of esters is 3. The number of carbonyl (C=O) groups is 3. The Morgan fingerprint density at radius 3 is 1.00 bits per heavy atom. The Morgan fingerprint density at radius 1 is 0.362 bits per heavy atom. The van der Waals surface area contributed by atoms with E-state index in [1.54, 1.807) is 0 Å². The molecule has 0 radical (unpaired) electrons. The van der Waals surface area contributed by atoms with Gasteiger partial charge in [-0.05, 0) is 96.3 Å². The lowest BCUT2D eigenvalue weighted by Gasteiger charge is -2.21. The molecule has 2 N–H and O–H groups in total. The summed E-state index contributed by atoms with van der Waals surface area (Å²) in [5, 5.41) is 9.86. The number of hydrogen-bond donors (Lipinski definition) is 2. The number of aliphatic hydroxyl groups is 1. The van der Waals surface area contributed by atoms with E-state index in [1.165, 1.54) is 83.5 Å². The van der Waals surface area contributed by atoms with E-state index in [4.69, 9.17) is 23.3 Å². The summed E-state index contributed by atoms with van der Waals surface area (Å²) in [5.41, 5.74) is 0. The van der Waals surface area contributed by atoms with Gasteiger partial charge in [0.25, 0.3) is 0 Å². The van der Waals surface area contributed by atoms with E-state index in [0.717, 1.165) is 135 Å². The lowest BCUT2D eigenvalue weighted by atomic mass is 10.0. The third-order valence-corrected chi connectivity index (χ3v) is 14.5. The van der Waals surface area contributed by atoms with Gasteiger partial charge < -0.3 is 24.2 Å². The summed E-state index contributed by atoms with van der Waals surface area (Å²) >= 11 is 0. The third-order valence-electron chi connectivity index (χ3n) is 13.5. The largest absolute Gasteiger partial charge is 0.472 e. The van der Waals surface area contributed by atoms with Crippen LogP contribution in [0.15, 0.2) is 97.2 Å². The Balaban J connectivity index is 4.75. The fourth-order valence-corrected chi connectivity index (χ4v) is 9.48. The van der Waals surface area contributed by atoms with Crippen molar-refractivity contribution in [3.63, 3.8) is 0 Å². The van der Waals surface area contributed by atoms with Crippen LogP contribution in [0.3, 0.4) is 0 Å². The number of aliphatic hydroxyl groups excluding tert-OH is 1. The number of rotatable bonds is 59. The average molecular weight is 1140 g/mol. The normalized spacial score (nSPS) is 13.9. The Kier molecular flexibility index (Phi) is 58.7. The first kappa shape index (κ1) is 76.4. The highest BCUT2D eigenvalue weighted by atomic mass is 31.2. The molecule has 0 spiro atoms. The molecule has 0 amide bonds. The van der Waals surface area contributed by atoms with Crippen molar-refractivity contribution in [1.82, 2.24) is 0 Å². The van der Waals surface area contributed by atoms with Crippen LogP contribution in [0.2, 0.25) is 0 Å². The third kappa shape index (κ3) is 59.0. The van der Waals surface area contributed by atoms with Crippen LogP contribution in [-0.4, -0.2) is 66.5 Å². The van der Waals surface area contributed by atoms with Gasteiger partial charge in [0.05, 0.1) is 19.8 Å². The quantitative estimate of drug-likeness (QED) is 0.0197. The maximum absolute atomic E-state index is 13.0. The molecule has 3 unspecified atom stereocenters. The summed E-state index contributed by atoms with van der Waals surface area (Å²) in [6.07, 6.45) is 73.5. The maximum Gasteiger partial charge on any atom is 0.472 e. The van der Waals surface area contributed by atoms with Crippen LogP contribution in [0.4, 0.5) is 0 Å². The minimum absolute atomic E-state index is 0.142. The summed E-state index contributed by atoms with van der Waals surface area (Å²) in [5.74, 6) is -1.50. The Bertz CT molecular complexity index is 1710. The number of allylic oxidation sites excluding steroid dienone is 16. The van der Waals surface area contributed by atoms with E-state index < -0.39 is 57.8 Å². The number of phosphoric ester groups is 1. The molecule has 0 saturated carbocycles. The molecule has 0 rings (SSSR count). The van der Waals surface area contributed by atoms with Crippen molar-refractivity contribution in [2.75, 3.05) is 26.4 Å². The summed E-state index contributed by atoms with van der Waals surface area (Å²) in [6, 6.07) is 0. The van der Waals surface area contributed by atoms with Crippen molar-refractivity contribution in [2.45, 2.75) is 290 Å². The number of carbonyl (C=O) groups excluding carboxylic acids is 3. The Morgan fingerprint density at radius 2 is 0.650 bits per heavy atom. The van der Waals surface area contributed by atoms with E-state index >= 15 is 0 Å². The van der Waals surface area contributed by atoms with Gasteiger partial charge in [-0.25, -0.2) is 4.57 Å². The second-order valence-corrected chi connectivity index (χ2v) is 22.6. The molecule has 0 saturated heterocycles. The monoisotopic (exact) mass is 1140 g/mol. The molecular formula is C68H117O11P. The van der Waals surface area contributed by atoms with Gasteiger partial charge in [0.2, 0.25) is 0 Å². The van der Waals surface area contributed by atoms with E-state index in [9.17, 15) is 28.9 Å². The second kappa shape index (κ2) is 61.5. The Hall–Kier alpha value is -3.60. The molecule has 0 aromatic heterocycles. The van der Waals surface area contributed by atoms with Gasteiger partial charge in [-0.1, -0.05) is 259 Å². The van der Waals surface area contributed by atoms with Gasteiger partial charge in [0.1, 0.15) is 12.7 Å². The topological polar surface area (TPSA) is 155 Å². The first-order valence-corrected chi connectivity index (χ1v) is 33.6. The fourth-order valence-electron chi connectivity index (χ4n) is 8.69. The molecule has 0 heterocycles. The van der Waals surface area contributed by atoms with Crippen LogP contribution in [-0.2, 0) is 42.2 Å². The zero-order chi connectivity index (χ0) is 58.3. The number of phosphoric acid groups is 1. The highest BCUT2D eigenvalue weighted by Gasteiger charge is 2.28. The molecule has 0 aliphatic rings. The lowest BCUT2D eigenvalue weighted by molar-refractivity contribution is -0.161. The van der Waals surface area contributed by atoms with Gasteiger partial charge in [-0.15, -0.1) is 0 Å². The van der Waals surface area contributed by atoms with Crippen LogP contribution >= 0.6 is 7.82 Å². The van der Waals surface area contributed by atoms with Crippen LogP contribution < -0.4 is 0 Å². The predicted octanol–water partition coefficient (Wildman–Crippen LogP) is 19.6. The SMILES string of the molecule is CC/C=C\C/C=C\C/C=C\C/C=C\CCCCCCCCC(=O)OC(COC(=O)CCCCCC/C=C\C/C=C\C/C=C\C/C=C\CC)COP(=O)(O)OCC(CO)OC(=O)CCCCCCCCCCCCCCCCCCC. The van der Waals surface area contributed by atoms with Gasteiger partial charge in [0, 0.05) is 19.3 Å². The van der Waals surface area contributed by atoms with E-state index in [1.807, 2.05) is 0 Å². The number of ether oxygens (including phenoxy) is 3. The van der Waals surface area contributed by atoms with Crippen molar-refractivity contribution < 1.29 is 52.2 Å². The van der Waals surface area contributed by atoms with E-state index in [0.29, 0.717) is 19.3 Å². The lowest BCUT2D eigenvalue weighted by Crippen LogP contribution is -2.30. The molecule has 0 aromatic rings. The van der Waals surface area contributed by atoms with Crippen molar-refractivity contribution >= 4 is 25.7 Å². The van der Waals surface area contributed by atoms with Crippen LogP contribution in [0.5, 0.6) is 0 Å². The fraction of sp³-hybridized carbons (Fsp3) is 0.721. The summed E-state index contributed by atoms with van der Waals surface area (Å²) in [6.45, 7) is 4.41. The molecule has 12 heteroatoms. The molecule has 11 nitrogen and oxygen atoms in total. The molecule has 0 bridgehead atoms. The first-order valence-electron chi connectivity index (χ1n) is 32.1. The standard InChI is InChI=1S/C68H117O11P/c1-4-7-10-13-16-19-22-25-28-31-32-35-38-41-44-47-50-53-56-59-68(72)79-65(61-75-66(70)57-54-51-48-45-42-39-36-33-29-26-23-20-17-14-11-8-5-2)63-77-80(73,74)76-62-64(60-69)78-67(71)58-55-52-49-46-43-40-37-34-30-27-24-21-18-15-12-9-6-3/h7-8,10-11,16-17,19-20,25-26,28-29,32,35-36,39,64-65,69H,4-6,9,12-15,18,21-24,27,30-31,33-34,37-38,40-63H2,1-3H3,(H,73,74)/b10-7-,11-8-,19-16-,20-17-,28-25-,29-26-,35-32-,39-36-. The second-order valence-electron chi connectivity index (χ2n) is 21.2. The molecule has 0 aliphatic heterocycles. The molecule has 0 aromatic carbocycles. The van der Waals surface area contributed by atoms with Gasteiger partial charge in [0.15, 0.2) is 6.10 Å². The van der Waals surface area contributed by atoms with Gasteiger partial charge in [-0.2, -0.15) is 0 Å². The zero-order valence-corrected chi connectivity index (χ0v) is 51.9. The summed E-state index contributed by atoms with van der Waals surface area (Å²) < 4.78 is 39.7. The molecule has 460 valence electrons. The van der Waals surface area contributed by atoms with Crippen molar-refractivity contribution in [3.8, 4) is 0 Å². The summed E-state index contributed by atoms with van der Waals surface area (Å²) in [4.78, 5) is 48.8. The Labute approximate surface area is 489 Å². The maximum atomic E-state index is 13.0. The number of hydrogen-bond acceptors (Lipinski definition) is 10. The van der Waals surface area contributed by atoms with Crippen molar-refractivity contribution in [2.24, 2.45) is 0 Å². The van der Waals surface area contributed by atoms with Crippen LogP contribution in [0, 0.1) is 0 Å². The molecule has 0 aliphatic carbocycles. The number of unbranched alkanes of at least 4 members (excludes halogenated alkanes) is 26. The van der Waals surface area contributed by atoms with Gasteiger partial charge in [-0.3, -0.25) is 23.4 Å². The highest BCUT2D eigenvalue weighted by molar-refractivity contribution is 7.47. The van der Waals surface area contributed by atoms with E-state index in [2.05, 4.69) is 118 Å². The van der Waals surface area contributed by atoms with Crippen LogP contribution in [0.1, 0.15) is 278 Å². The minimum Gasteiger partial charge on any atom is -0.462 e. The van der Waals surface area contributed by atoms with Crippen molar-refractivity contribution in [1.29, 1.82) is 0 Å². The summed E-state index contributed by atoms with van der Waals surface area (Å²) in [7, 11) is -4.77. The van der Waals surface area contributed by atoms with Gasteiger partial charge >= 0.3 is 25.7 Å². The zero-order valence-electron chi connectivity index (χ0n) is 51.0. The molecule has 80 heavy (non-hydrogen) atoms. The van der Waals surface area contributed by atoms with E-state index in [-0.39, 0.29) is 25.9 Å². The van der Waals surface area contributed by atoms with Crippen LogP contribution in [0.25, 0.3) is 0 Å². The smallest absolute Gasteiger partial charge is 0.462 e. The molecule has 3 atom stereocenters. The highest BCUT2D eigenvalue weighted by Crippen LogP contribution is 2.43. The molecule has 0 fully saturated rings. The first-order chi connectivity index (χ1) is 39.2. The molecular weight excluding hydrogens is 1020 g/mol.